The van der Waals surface area contributed by atoms with Crippen LogP contribution in [0.3, 0.4) is 0 Å². The Balaban J connectivity index is 2.00. The highest BCUT2D eigenvalue weighted by molar-refractivity contribution is 5.86. The van der Waals surface area contributed by atoms with E-state index in [4.69, 9.17) is 9.15 Å². The first kappa shape index (κ1) is 16.0. The van der Waals surface area contributed by atoms with Crippen LogP contribution in [0.2, 0.25) is 0 Å². The van der Waals surface area contributed by atoms with Gasteiger partial charge < -0.3 is 19.2 Å². The molecule has 0 aromatic carbocycles. The first-order chi connectivity index (χ1) is 10.0. The van der Waals surface area contributed by atoms with Gasteiger partial charge in [0.1, 0.15) is 5.76 Å². The summed E-state index contributed by atoms with van der Waals surface area (Å²) >= 11 is 0. The molecule has 5 nitrogen and oxygen atoms in total. The number of aliphatic hydroxyl groups excluding tert-OH is 1. The van der Waals surface area contributed by atoms with Crippen molar-refractivity contribution in [3.8, 4) is 0 Å². The molecule has 0 amide bonds. The standard InChI is InChI=1S/C16H25NO4/c1-4-14-12(8-15(21-14)16(19)20-3)10-17(2)9-11-6-5-7-13(11)18/h8,11,13,18H,4-7,9-10H2,1-3H3. The normalized spacial score (nSPS) is 22.0. The fourth-order valence-electron chi connectivity index (χ4n) is 3.09. The minimum atomic E-state index is -0.440. The minimum Gasteiger partial charge on any atom is -0.463 e. The largest absolute Gasteiger partial charge is 0.463 e. The van der Waals surface area contributed by atoms with Crippen LogP contribution in [-0.2, 0) is 17.7 Å². The van der Waals surface area contributed by atoms with Crippen molar-refractivity contribution in [2.45, 2.75) is 45.3 Å². The molecule has 21 heavy (non-hydrogen) atoms. The molecule has 118 valence electrons. The first-order valence-electron chi connectivity index (χ1n) is 7.61. The molecule has 1 aromatic rings. The van der Waals surface area contributed by atoms with Crippen LogP contribution in [0.25, 0.3) is 0 Å². The van der Waals surface area contributed by atoms with Gasteiger partial charge in [0.15, 0.2) is 0 Å². The Kier molecular flexibility index (Phi) is 5.42. The van der Waals surface area contributed by atoms with Crippen molar-refractivity contribution in [3.63, 3.8) is 0 Å². The Labute approximate surface area is 125 Å². The Morgan fingerprint density at radius 1 is 1.52 bits per heavy atom. The van der Waals surface area contributed by atoms with Crippen molar-refractivity contribution < 1.29 is 19.1 Å². The minimum absolute atomic E-state index is 0.173. The van der Waals surface area contributed by atoms with Gasteiger partial charge in [0, 0.05) is 25.1 Å². The third-order valence-corrected chi connectivity index (χ3v) is 4.21. The zero-order valence-electron chi connectivity index (χ0n) is 13.1. The lowest BCUT2D eigenvalue weighted by molar-refractivity contribution is 0.0563. The number of carbonyl (C=O) groups excluding carboxylic acids is 1. The maximum absolute atomic E-state index is 11.5. The molecule has 1 aliphatic rings. The van der Waals surface area contributed by atoms with E-state index in [0.717, 1.165) is 43.6 Å². The molecule has 2 atom stereocenters. The maximum atomic E-state index is 11.5. The first-order valence-corrected chi connectivity index (χ1v) is 7.61. The molecule has 1 aromatic heterocycles. The number of furan rings is 1. The van der Waals surface area contributed by atoms with Crippen LogP contribution in [-0.4, -0.2) is 42.8 Å². The van der Waals surface area contributed by atoms with Gasteiger partial charge in [0.25, 0.3) is 0 Å². The fourth-order valence-corrected chi connectivity index (χ4v) is 3.09. The van der Waals surface area contributed by atoms with E-state index in [1.807, 2.05) is 14.0 Å². The molecule has 1 fully saturated rings. The number of rotatable bonds is 6. The van der Waals surface area contributed by atoms with Gasteiger partial charge in [-0.25, -0.2) is 4.79 Å². The van der Waals surface area contributed by atoms with Crippen molar-refractivity contribution in [3.05, 3.63) is 23.2 Å². The summed E-state index contributed by atoms with van der Waals surface area (Å²) < 4.78 is 10.3. The van der Waals surface area contributed by atoms with Crippen LogP contribution in [0.4, 0.5) is 0 Å². The maximum Gasteiger partial charge on any atom is 0.373 e. The van der Waals surface area contributed by atoms with Gasteiger partial charge in [-0.05, 0) is 31.9 Å². The molecule has 0 radical (unpaired) electrons. The number of esters is 1. The fraction of sp³-hybridized carbons (Fsp3) is 0.688. The molecular formula is C16H25NO4. The highest BCUT2D eigenvalue weighted by Gasteiger charge is 2.26. The number of aliphatic hydroxyl groups is 1. The number of methoxy groups -OCH3 is 1. The van der Waals surface area contributed by atoms with Crippen molar-refractivity contribution in [1.29, 1.82) is 0 Å². The summed E-state index contributed by atoms with van der Waals surface area (Å²) in [5.41, 5.74) is 1.02. The van der Waals surface area contributed by atoms with E-state index >= 15 is 0 Å². The Hall–Kier alpha value is -1.33. The number of nitrogens with zero attached hydrogens (tertiary/aromatic N) is 1. The summed E-state index contributed by atoms with van der Waals surface area (Å²) in [4.78, 5) is 13.7. The molecule has 1 heterocycles. The topological polar surface area (TPSA) is 62.9 Å². The van der Waals surface area contributed by atoms with Crippen molar-refractivity contribution in [2.75, 3.05) is 20.7 Å². The smallest absolute Gasteiger partial charge is 0.373 e. The molecule has 0 spiro atoms. The summed E-state index contributed by atoms with van der Waals surface area (Å²) in [6.07, 6.45) is 3.68. The summed E-state index contributed by atoms with van der Waals surface area (Å²) in [5, 5.41) is 9.91. The summed E-state index contributed by atoms with van der Waals surface area (Å²) in [6.45, 7) is 3.58. The molecule has 2 rings (SSSR count). The summed E-state index contributed by atoms with van der Waals surface area (Å²) in [6, 6.07) is 1.77. The number of hydrogen-bond donors (Lipinski definition) is 1. The Morgan fingerprint density at radius 2 is 2.29 bits per heavy atom. The van der Waals surface area contributed by atoms with Gasteiger partial charge in [0.2, 0.25) is 5.76 Å². The lowest BCUT2D eigenvalue weighted by Gasteiger charge is -2.22. The number of hydrogen-bond acceptors (Lipinski definition) is 5. The lowest BCUT2D eigenvalue weighted by atomic mass is 10.1. The zero-order valence-corrected chi connectivity index (χ0v) is 13.1. The van der Waals surface area contributed by atoms with Crippen molar-refractivity contribution in [2.24, 2.45) is 5.92 Å². The second-order valence-corrected chi connectivity index (χ2v) is 5.86. The van der Waals surface area contributed by atoms with E-state index < -0.39 is 5.97 Å². The van der Waals surface area contributed by atoms with Gasteiger partial charge in [-0.3, -0.25) is 0 Å². The Bertz CT molecular complexity index is 483. The third-order valence-electron chi connectivity index (χ3n) is 4.21. The van der Waals surface area contributed by atoms with Gasteiger partial charge >= 0.3 is 5.97 Å². The van der Waals surface area contributed by atoms with Gasteiger partial charge in [-0.2, -0.15) is 0 Å². The molecule has 0 aliphatic heterocycles. The van der Waals surface area contributed by atoms with Crippen LogP contribution in [0.1, 0.15) is 48.1 Å². The molecule has 0 bridgehead atoms. The van der Waals surface area contributed by atoms with Crippen LogP contribution in [0, 0.1) is 5.92 Å². The summed E-state index contributed by atoms with van der Waals surface area (Å²) in [5.74, 6) is 1.00. The number of aryl methyl sites for hydroxylation is 1. The van der Waals surface area contributed by atoms with Crippen LogP contribution in [0.15, 0.2) is 10.5 Å². The average molecular weight is 295 g/mol. The van der Waals surface area contributed by atoms with Gasteiger partial charge in [-0.1, -0.05) is 13.3 Å². The second kappa shape index (κ2) is 7.09. The predicted molar refractivity (Wildman–Crippen MR) is 79.1 cm³/mol. The highest BCUT2D eigenvalue weighted by Crippen LogP contribution is 2.27. The van der Waals surface area contributed by atoms with E-state index in [0.29, 0.717) is 12.5 Å². The average Bonchev–Trinajstić information content (AvgIpc) is 3.05. The van der Waals surface area contributed by atoms with E-state index in [-0.39, 0.29) is 11.9 Å². The predicted octanol–water partition coefficient (Wildman–Crippen LogP) is 2.22. The monoisotopic (exact) mass is 295 g/mol. The van der Waals surface area contributed by atoms with Crippen molar-refractivity contribution >= 4 is 5.97 Å². The van der Waals surface area contributed by atoms with E-state index in [1.54, 1.807) is 6.07 Å². The molecule has 2 unspecified atom stereocenters. The quantitative estimate of drug-likeness (QED) is 0.815. The zero-order chi connectivity index (χ0) is 15.4. The SMILES string of the molecule is CCc1oc(C(=O)OC)cc1CN(C)CC1CCCC1O. The van der Waals surface area contributed by atoms with Gasteiger partial charge in [0.05, 0.1) is 13.2 Å². The van der Waals surface area contributed by atoms with E-state index in [9.17, 15) is 9.90 Å². The molecule has 1 saturated carbocycles. The number of ether oxygens (including phenoxy) is 1. The third kappa shape index (κ3) is 3.86. The molecule has 1 aliphatic carbocycles. The van der Waals surface area contributed by atoms with Crippen molar-refractivity contribution in [1.82, 2.24) is 4.90 Å². The lowest BCUT2D eigenvalue weighted by Crippen LogP contribution is -2.29. The Morgan fingerprint density at radius 3 is 2.86 bits per heavy atom. The molecule has 5 heteroatoms. The second-order valence-electron chi connectivity index (χ2n) is 5.86. The molecular weight excluding hydrogens is 270 g/mol. The summed E-state index contributed by atoms with van der Waals surface area (Å²) in [7, 11) is 3.39. The molecule has 1 N–H and O–H groups in total. The number of carbonyl (C=O) groups is 1. The van der Waals surface area contributed by atoms with Gasteiger partial charge in [-0.15, -0.1) is 0 Å². The molecule has 0 saturated heterocycles. The highest BCUT2D eigenvalue weighted by atomic mass is 16.5. The van der Waals surface area contributed by atoms with Crippen LogP contribution >= 0.6 is 0 Å². The van der Waals surface area contributed by atoms with E-state index in [2.05, 4.69) is 4.90 Å². The van der Waals surface area contributed by atoms with Crippen LogP contribution < -0.4 is 0 Å². The van der Waals surface area contributed by atoms with E-state index in [1.165, 1.54) is 7.11 Å². The van der Waals surface area contributed by atoms with Crippen LogP contribution in [0.5, 0.6) is 0 Å².